The van der Waals surface area contributed by atoms with Gasteiger partial charge in [0.25, 0.3) is 0 Å². The van der Waals surface area contributed by atoms with Gasteiger partial charge in [0.05, 0.1) is 24.0 Å². The summed E-state index contributed by atoms with van der Waals surface area (Å²) in [6.45, 7) is 4.20. The zero-order chi connectivity index (χ0) is 14.0. The lowest BCUT2D eigenvalue weighted by Gasteiger charge is -2.21. The third-order valence-electron chi connectivity index (χ3n) is 3.90. The number of carbonyl (C=O) groups excluding carboxylic acids is 1. The Labute approximate surface area is 115 Å². The molecule has 0 saturated heterocycles. The molecule has 1 aliphatic rings. The molecule has 1 amide bonds. The van der Waals surface area contributed by atoms with Crippen molar-refractivity contribution in [3.05, 3.63) is 12.4 Å². The normalized spacial score (nSPS) is 18.4. The summed E-state index contributed by atoms with van der Waals surface area (Å²) in [5.74, 6) is 0.791. The minimum Gasteiger partial charge on any atom is -0.322 e. The molecule has 5 nitrogen and oxygen atoms in total. The van der Waals surface area contributed by atoms with Gasteiger partial charge in [0, 0.05) is 6.20 Å². The summed E-state index contributed by atoms with van der Waals surface area (Å²) < 4.78 is 1.96. The van der Waals surface area contributed by atoms with Crippen LogP contribution in [0.2, 0.25) is 0 Å². The molecule has 0 spiro atoms. The number of nitrogens with zero attached hydrogens (tertiary/aromatic N) is 3. The number of amides is 1. The highest BCUT2D eigenvalue weighted by Crippen LogP contribution is 2.39. The second kappa shape index (κ2) is 5.74. The van der Waals surface area contributed by atoms with Crippen molar-refractivity contribution in [2.24, 2.45) is 5.92 Å². The molecule has 1 aliphatic carbocycles. The molecule has 1 saturated carbocycles. The molecule has 1 N–H and O–H groups in total. The van der Waals surface area contributed by atoms with E-state index in [1.54, 1.807) is 6.20 Å². The number of hydrogen-bond acceptors (Lipinski definition) is 3. The molecular weight excluding hydrogens is 240 g/mol. The van der Waals surface area contributed by atoms with Crippen LogP contribution in [0.5, 0.6) is 0 Å². The molecule has 1 aromatic heterocycles. The van der Waals surface area contributed by atoms with Crippen LogP contribution in [0.4, 0.5) is 5.69 Å². The fraction of sp³-hybridized carbons (Fsp3) is 0.714. The maximum absolute atomic E-state index is 12.1. The van der Waals surface area contributed by atoms with Crippen molar-refractivity contribution in [2.45, 2.75) is 45.2 Å². The molecule has 0 aliphatic heterocycles. The Balaban J connectivity index is 1.97. The molecule has 1 fully saturated rings. The lowest BCUT2D eigenvalue weighted by molar-refractivity contribution is -0.120. The average molecular weight is 264 g/mol. The molecule has 1 heterocycles. The van der Waals surface area contributed by atoms with E-state index in [1.165, 1.54) is 12.8 Å². The van der Waals surface area contributed by atoms with Crippen LogP contribution in [0.25, 0.3) is 0 Å². The number of carbonyl (C=O) groups is 1. The summed E-state index contributed by atoms with van der Waals surface area (Å²) in [6.07, 6.45) is 7.05. The van der Waals surface area contributed by atoms with Crippen LogP contribution in [0.15, 0.2) is 12.4 Å². The topological polar surface area (TPSA) is 50.2 Å². The predicted octanol–water partition coefficient (Wildman–Crippen LogP) is 2.13. The first kappa shape index (κ1) is 14.1. The Morgan fingerprint density at radius 3 is 2.79 bits per heavy atom. The van der Waals surface area contributed by atoms with Crippen LogP contribution in [-0.4, -0.2) is 40.7 Å². The molecule has 0 radical (unpaired) electrons. The maximum Gasteiger partial charge on any atom is 0.241 e. The van der Waals surface area contributed by atoms with E-state index < -0.39 is 0 Å². The van der Waals surface area contributed by atoms with Gasteiger partial charge >= 0.3 is 0 Å². The quantitative estimate of drug-likeness (QED) is 0.856. The smallest absolute Gasteiger partial charge is 0.241 e. The summed E-state index contributed by atoms with van der Waals surface area (Å²) in [7, 11) is 3.85. The van der Waals surface area contributed by atoms with E-state index in [0.29, 0.717) is 6.04 Å². The first-order chi connectivity index (χ1) is 9.02. The highest BCUT2D eigenvalue weighted by Gasteiger charge is 2.29. The molecule has 2 atom stereocenters. The van der Waals surface area contributed by atoms with Gasteiger partial charge in [-0.3, -0.25) is 14.4 Å². The second-order valence-electron chi connectivity index (χ2n) is 5.66. The highest BCUT2D eigenvalue weighted by atomic mass is 16.2. The first-order valence-corrected chi connectivity index (χ1v) is 7.04. The lowest BCUT2D eigenvalue weighted by Crippen LogP contribution is -2.39. The Bertz CT molecular complexity index is 436. The number of likely N-dealkylation sites (N-methyl/N-ethyl adjacent to an activating group) is 1. The van der Waals surface area contributed by atoms with Crippen LogP contribution >= 0.6 is 0 Å². The molecule has 2 rings (SSSR count). The summed E-state index contributed by atoms with van der Waals surface area (Å²) >= 11 is 0. The van der Waals surface area contributed by atoms with Gasteiger partial charge in [-0.15, -0.1) is 0 Å². The summed E-state index contributed by atoms with van der Waals surface area (Å²) in [4.78, 5) is 14.1. The van der Waals surface area contributed by atoms with E-state index in [9.17, 15) is 4.79 Å². The van der Waals surface area contributed by atoms with E-state index >= 15 is 0 Å². The van der Waals surface area contributed by atoms with Crippen LogP contribution in [0.1, 0.15) is 39.2 Å². The molecule has 0 bridgehead atoms. The molecule has 1 aromatic rings. The molecular formula is C14H24N4O. The SMILES string of the molecule is CCC(C(=O)Nc1cnn(C(C)C2CC2)c1)N(C)C. The number of nitrogens with one attached hydrogen (secondary N) is 1. The van der Waals surface area contributed by atoms with Crippen molar-refractivity contribution in [3.8, 4) is 0 Å². The van der Waals surface area contributed by atoms with E-state index in [4.69, 9.17) is 0 Å². The van der Waals surface area contributed by atoms with Crippen molar-refractivity contribution in [1.29, 1.82) is 0 Å². The van der Waals surface area contributed by atoms with Crippen molar-refractivity contribution < 1.29 is 4.79 Å². The van der Waals surface area contributed by atoms with Crippen molar-refractivity contribution in [2.75, 3.05) is 19.4 Å². The van der Waals surface area contributed by atoms with E-state index in [0.717, 1.165) is 18.0 Å². The lowest BCUT2D eigenvalue weighted by atomic mass is 10.2. The van der Waals surface area contributed by atoms with Gasteiger partial charge in [-0.2, -0.15) is 5.10 Å². The summed E-state index contributed by atoms with van der Waals surface area (Å²) in [5, 5.41) is 7.29. The second-order valence-corrected chi connectivity index (χ2v) is 5.66. The third kappa shape index (κ3) is 3.35. The summed E-state index contributed by atoms with van der Waals surface area (Å²) in [6, 6.07) is 0.339. The Kier molecular flexibility index (Phi) is 4.24. The van der Waals surface area contributed by atoms with Gasteiger partial charge in [0.15, 0.2) is 0 Å². The molecule has 0 aromatic carbocycles. The summed E-state index contributed by atoms with van der Waals surface area (Å²) in [5.41, 5.74) is 0.790. The Morgan fingerprint density at radius 2 is 2.26 bits per heavy atom. The number of hydrogen-bond donors (Lipinski definition) is 1. The number of rotatable bonds is 6. The van der Waals surface area contributed by atoms with Crippen LogP contribution in [0.3, 0.4) is 0 Å². The van der Waals surface area contributed by atoms with Gasteiger partial charge in [-0.05, 0) is 46.2 Å². The van der Waals surface area contributed by atoms with Crippen molar-refractivity contribution in [3.63, 3.8) is 0 Å². The molecule has 5 heteroatoms. The number of anilines is 1. The van der Waals surface area contributed by atoms with Crippen molar-refractivity contribution >= 4 is 11.6 Å². The van der Waals surface area contributed by atoms with Gasteiger partial charge in [0.2, 0.25) is 5.91 Å². The first-order valence-electron chi connectivity index (χ1n) is 7.04. The van der Waals surface area contributed by atoms with Crippen LogP contribution < -0.4 is 5.32 Å². The minimum atomic E-state index is -0.0933. The van der Waals surface area contributed by atoms with Gasteiger partial charge < -0.3 is 5.32 Å². The van der Waals surface area contributed by atoms with Crippen molar-refractivity contribution in [1.82, 2.24) is 14.7 Å². The fourth-order valence-electron chi connectivity index (χ4n) is 2.43. The Hall–Kier alpha value is -1.36. The van der Waals surface area contributed by atoms with E-state index in [2.05, 4.69) is 17.3 Å². The zero-order valence-corrected chi connectivity index (χ0v) is 12.3. The average Bonchev–Trinajstić information content (AvgIpc) is 3.09. The van der Waals surface area contributed by atoms with Gasteiger partial charge in [-0.1, -0.05) is 6.92 Å². The van der Waals surface area contributed by atoms with Crippen LogP contribution in [0, 0.1) is 5.92 Å². The molecule has 106 valence electrons. The minimum absolute atomic E-state index is 0.0334. The van der Waals surface area contributed by atoms with E-state index in [1.807, 2.05) is 36.8 Å². The zero-order valence-electron chi connectivity index (χ0n) is 12.3. The standard InChI is InChI=1S/C14H24N4O/c1-5-13(17(3)4)14(19)16-12-8-15-18(9-12)10(2)11-6-7-11/h8-11,13H,5-7H2,1-4H3,(H,16,19). The monoisotopic (exact) mass is 264 g/mol. The highest BCUT2D eigenvalue weighted by molar-refractivity contribution is 5.94. The molecule has 19 heavy (non-hydrogen) atoms. The number of aromatic nitrogens is 2. The third-order valence-corrected chi connectivity index (χ3v) is 3.90. The maximum atomic E-state index is 12.1. The molecule has 2 unspecified atom stereocenters. The van der Waals surface area contributed by atoms with Gasteiger partial charge in [0.1, 0.15) is 0 Å². The van der Waals surface area contributed by atoms with E-state index in [-0.39, 0.29) is 11.9 Å². The van der Waals surface area contributed by atoms with Crippen LogP contribution in [-0.2, 0) is 4.79 Å². The predicted molar refractivity (Wildman–Crippen MR) is 76.1 cm³/mol. The largest absolute Gasteiger partial charge is 0.322 e. The fourth-order valence-corrected chi connectivity index (χ4v) is 2.43. The Morgan fingerprint density at radius 1 is 1.58 bits per heavy atom. The van der Waals surface area contributed by atoms with Gasteiger partial charge in [-0.25, -0.2) is 0 Å².